The summed E-state index contributed by atoms with van der Waals surface area (Å²) in [5, 5.41) is 2.88. The van der Waals surface area contributed by atoms with Crippen LogP contribution in [0.2, 0.25) is 0 Å². The Labute approximate surface area is 162 Å². The highest BCUT2D eigenvalue weighted by atomic mass is 16.5. The summed E-state index contributed by atoms with van der Waals surface area (Å²) in [6, 6.07) is 10.1. The van der Waals surface area contributed by atoms with Crippen LogP contribution in [-0.2, 0) is 14.3 Å². The van der Waals surface area contributed by atoms with Crippen molar-refractivity contribution in [2.75, 3.05) is 13.2 Å². The topological polar surface area (TPSA) is 55.4 Å². The average Bonchev–Trinajstić information content (AvgIpc) is 2.63. The van der Waals surface area contributed by atoms with Gasteiger partial charge in [-0.25, -0.2) is 0 Å². The van der Waals surface area contributed by atoms with E-state index in [2.05, 4.69) is 24.4 Å². The van der Waals surface area contributed by atoms with Crippen molar-refractivity contribution in [1.29, 1.82) is 0 Å². The summed E-state index contributed by atoms with van der Waals surface area (Å²) in [5.74, 6) is 2.31. The Balaban J connectivity index is 1.20. The number of carbonyl (C=O) groups excluding carboxylic acids is 2. The maximum absolute atomic E-state index is 12.4. The van der Waals surface area contributed by atoms with Gasteiger partial charge in [-0.3, -0.25) is 9.59 Å². The average molecular weight is 370 g/mol. The second-order valence-corrected chi connectivity index (χ2v) is 9.37. The molecule has 0 aliphatic heterocycles. The van der Waals surface area contributed by atoms with E-state index >= 15 is 0 Å². The lowest BCUT2D eigenvalue weighted by Crippen LogP contribution is -2.47. The van der Waals surface area contributed by atoms with Crippen LogP contribution in [0.5, 0.6) is 0 Å². The molecule has 1 N–H and O–H groups in total. The van der Waals surface area contributed by atoms with Crippen LogP contribution in [0.15, 0.2) is 30.3 Å². The van der Waals surface area contributed by atoms with Gasteiger partial charge in [0.25, 0.3) is 5.91 Å². The Kier molecular flexibility index (Phi) is 5.25. The first-order chi connectivity index (χ1) is 13.0. The minimum Gasteiger partial charge on any atom is -0.456 e. The lowest BCUT2D eigenvalue weighted by atomic mass is 9.49. The Bertz CT molecular complexity index is 649. The third-order valence-corrected chi connectivity index (χ3v) is 7.02. The number of hydrogen-bond donors (Lipinski definition) is 1. The van der Waals surface area contributed by atoms with Crippen LogP contribution in [0.1, 0.15) is 63.4 Å². The highest BCUT2D eigenvalue weighted by Crippen LogP contribution is 2.61. The second-order valence-electron chi connectivity index (χ2n) is 9.37. The number of hydrogen-bond acceptors (Lipinski definition) is 3. The summed E-state index contributed by atoms with van der Waals surface area (Å²) in [6.07, 6.45) is 8.19. The van der Waals surface area contributed by atoms with Gasteiger partial charge in [-0.15, -0.1) is 0 Å². The molecular weight excluding hydrogens is 338 g/mol. The molecule has 0 spiro atoms. The molecule has 4 aliphatic rings. The van der Waals surface area contributed by atoms with E-state index in [0.29, 0.717) is 13.0 Å². The van der Waals surface area contributed by atoms with Crippen molar-refractivity contribution < 1.29 is 14.3 Å². The summed E-state index contributed by atoms with van der Waals surface area (Å²) < 4.78 is 5.33. The molecule has 4 aliphatic carbocycles. The van der Waals surface area contributed by atoms with Crippen LogP contribution < -0.4 is 5.32 Å². The number of esters is 1. The summed E-state index contributed by atoms with van der Waals surface area (Å²) in [4.78, 5) is 24.4. The first-order valence-electron chi connectivity index (χ1n) is 10.5. The maximum Gasteiger partial charge on any atom is 0.306 e. The second kappa shape index (κ2) is 7.65. The molecular formula is C23H31NO3. The lowest BCUT2D eigenvalue weighted by molar-refractivity contribution is -0.155. The molecule has 4 fully saturated rings. The Morgan fingerprint density at radius 3 is 2.26 bits per heavy atom. The molecule has 1 aromatic rings. The van der Waals surface area contributed by atoms with Crippen molar-refractivity contribution in [2.24, 2.45) is 23.2 Å². The van der Waals surface area contributed by atoms with Gasteiger partial charge < -0.3 is 10.1 Å². The van der Waals surface area contributed by atoms with Gasteiger partial charge in [-0.05, 0) is 73.2 Å². The maximum atomic E-state index is 12.4. The summed E-state index contributed by atoms with van der Waals surface area (Å²) in [6.45, 7) is 2.47. The third kappa shape index (κ3) is 4.36. The quantitative estimate of drug-likeness (QED) is 0.738. The minimum atomic E-state index is -0.211. The molecule has 0 saturated heterocycles. The predicted molar refractivity (Wildman–Crippen MR) is 104 cm³/mol. The van der Waals surface area contributed by atoms with Gasteiger partial charge in [-0.1, -0.05) is 37.3 Å². The van der Waals surface area contributed by atoms with Crippen LogP contribution in [0.4, 0.5) is 0 Å². The summed E-state index contributed by atoms with van der Waals surface area (Å²) in [5.41, 5.74) is 1.36. The smallest absolute Gasteiger partial charge is 0.306 e. The van der Waals surface area contributed by atoms with Crippen molar-refractivity contribution in [3.8, 4) is 0 Å². The first-order valence-corrected chi connectivity index (χ1v) is 10.5. The van der Waals surface area contributed by atoms with Crippen molar-refractivity contribution >= 4 is 11.9 Å². The van der Waals surface area contributed by atoms with Crippen LogP contribution in [-0.4, -0.2) is 25.0 Å². The van der Waals surface area contributed by atoms with Crippen molar-refractivity contribution in [3.63, 3.8) is 0 Å². The highest BCUT2D eigenvalue weighted by Gasteiger charge is 2.51. The zero-order valence-electron chi connectivity index (χ0n) is 16.3. The third-order valence-electron chi connectivity index (χ3n) is 7.02. The van der Waals surface area contributed by atoms with Gasteiger partial charge in [0.15, 0.2) is 6.61 Å². The molecule has 0 aromatic heterocycles. The van der Waals surface area contributed by atoms with E-state index in [1.165, 1.54) is 44.1 Å². The number of amides is 1. The van der Waals surface area contributed by atoms with Gasteiger partial charge in [-0.2, -0.15) is 0 Å². The SMILES string of the molecule is C[C@H](CNC(=O)COC(=O)CC12CC3CC(CC(C3)C1)C2)c1ccccc1. The number of rotatable bonds is 7. The monoisotopic (exact) mass is 369 g/mol. The Morgan fingerprint density at radius 1 is 1.07 bits per heavy atom. The molecule has 4 saturated carbocycles. The van der Waals surface area contributed by atoms with E-state index < -0.39 is 0 Å². The van der Waals surface area contributed by atoms with Crippen molar-refractivity contribution in [1.82, 2.24) is 5.32 Å². The fourth-order valence-corrected chi connectivity index (χ4v) is 6.23. The standard InChI is InChI=1S/C23H31NO3/c1-16(20-5-3-2-4-6-20)14-24-21(25)15-27-22(26)13-23-10-17-7-18(11-23)9-19(8-17)12-23/h2-6,16-19H,7-15H2,1H3,(H,24,25)/t16-,17?,18?,19?,23?/m1/s1. The minimum absolute atomic E-state index is 0.160. The molecule has 1 atom stereocenters. The molecule has 0 radical (unpaired) electrons. The zero-order valence-corrected chi connectivity index (χ0v) is 16.3. The largest absolute Gasteiger partial charge is 0.456 e. The molecule has 0 heterocycles. The van der Waals surface area contributed by atoms with Gasteiger partial charge in [0.05, 0.1) is 6.42 Å². The van der Waals surface area contributed by atoms with E-state index in [1.54, 1.807) is 0 Å². The molecule has 4 nitrogen and oxygen atoms in total. The number of carbonyl (C=O) groups is 2. The lowest BCUT2D eigenvalue weighted by Gasteiger charge is -2.56. The fourth-order valence-electron chi connectivity index (χ4n) is 6.23. The predicted octanol–water partition coefficient (Wildman–Crippen LogP) is 4.06. The molecule has 146 valence electrons. The molecule has 27 heavy (non-hydrogen) atoms. The fraction of sp³-hybridized carbons (Fsp3) is 0.652. The molecule has 1 amide bonds. The summed E-state index contributed by atoms with van der Waals surface area (Å²) in [7, 11) is 0. The van der Waals surface area contributed by atoms with Crippen molar-refractivity contribution in [2.45, 2.75) is 57.8 Å². The van der Waals surface area contributed by atoms with Gasteiger partial charge in [0.1, 0.15) is 0 Å². The van der Waals surface area contributed by atoms with E-state index in [0.717, 1.165) is 17.8 Å². The first kappa shape index (κ1) is 18.5. The van der Waals surface area contributed by atoms with Crippen LogP contribution >= 0.6 is 0 Å². The Morgan fingerprint density at radius 2 is 1.67 bits per heavy atom. The Hall–Kier alpha value is -1.84. The van der Waals surface area contributed by atoms with E-state index in [4.69, 9.17) is 4.74 Å². The van der Waals surface area contributed by atoms with Crippen LogP contribution in [0.25, 0.3) is 0 Å². The molecule has 4 bridgehead atoms. The normalized spacial score (nSPS) is 32.1. The van der Waals surface area contributed by atoms with Gasteiger partial charge in [0, 0.05) is 6.54 Å². The number of nitrogens with one attached hydrogen (secondary N) is 1. The van der Waals surface area contributed by atoms with Crippen LogP contribution in [0, 0.1) is 23.2 Å². The van der Waals surface area contributed by atoms with Gasteiger partial charge in [0.2, 0.25) is 0 Å². The molecule has 4 heteroatoms. The number of ether oxygens (including phenoxy) is 1. The molecule has 5 rings (SSSR count). The summed E-state index contributed by atoms with van der Waals surface area (Å²) >= 11 is 0. The highest BCUT2D eigenvalue weighted by molar-refractivity contribution is 5.80. The van der Waals surface area contributed by atoms with E-state index in [-0.39, 0.29) is 29.8 Å². The van der Waals surface area contributed by atoms with Gasteiger partial charge >= 0.3 is 5.97 Å². The van der Waals surface area contributed by atoms with E-state index in [9.17, 15) is 9.59 Å². The molecule has 1 aromatic carbocycles. The van der Waals surface area contributed by atoms with E-state index in [1.807, 2.05) is 18.2 Å². The number of benzene rings is 1. The van der Waals surface area contributed by atoms with Crippen molar-refractivity contribution in [3.05, 3.63) is 35.9 Å². The zero-order chi connectivity index (χ0) is 18.9. The molecule has 0 unspecified atom stereocenters. The van der Waals surface area contributed by atoms with Crippen LogP contribution in [0.3, 0.4) is 0 Å².